The van der Waals surface area contributed by atoms with E-state index in [9.17, 15) is 26.7 Å². The van der Waals surface area contributed by atoms with Crippen molar-refractivity contribution in [2.75, 3.05) is 0 Å². The van der Waals surface area contributed by atoms with Crippen LogP contribution in [-0.2, 0) is 6.18 Å². The topological polar surface area (TPSA) is 40.9 Å². The lowest BCUT2D eigenvalue weighted by molar-refractivity contribution is -0.138. The van der Waals surface area contributed by atoms with E-state index in [1.165, 1.54) is 6.07 Å². The van der Waals surface area contributed by atoms with Crippen LogP contribution in [0.1, 0.15) is 40.4 Å². The molecule has 0 spiro atoms. The maximum atomic E-state index is 12.7. The van der Waals surface area contributed by atoms with Gasteiger partial charge in [-0.15, -0.1) is 0 Å². The van der Waals surface area contributed by atoms with Gasteiger partial charge in [-0.25, -0.2) is 8.78 Å². The second-order valence-electron chi connectivity index (χ2n) is 3.46. The molecule has 0 fully saturated rings. The number of halogens is 5. The van der Waals surface area contributed by atoms with Gasteiger partial charge in [-0.3, -0.25) is 4.79 Å². The molecule has 0 aromatic heterocycles. The third-order valence-corrected chi connectivity index (χ3v) is 2.19. The Morgan fingerprint density at radius 2 is 1.89 bits per heavy atom. The van der Waals surface area contributed by atoms with Crippen LogP contribution < -0.4 is 0 Å². The normalized spacial score (nSPS) is 11.4. The number of hydrogen-bond acceptors (Lipinski definition) is 2. The zero-order valence-corrected chi connectivity index (χ0v) is 8.98. The zero-order valence-electron chi connectivity index (χ0n) is 8.98. The minimum atomic E-state index is -4.97. The SMILES string of the molecule is CC(=O)c1c(C#N)cc(C(F)F)cc1C(F)(F)F. The molecular formula is C11H6F5NO. The second-order valence-corrected chi connectivity index (χ2v) is 3.46. The van der Waals surface area contributed by atoms with Crippen molar-refractivity contribution in [2.45, 2.75) is 19.5 Å². The van der Waals surface area contributed by atoms with E-state index in [1.807, 2.05) is 0 Å². The molecule has 18 heavy (non-hydrogen) atoms. The molecule has 0 saturated carbocycles. The molecule has 0 bridgehead atoms. The van der Waals surface area contributed by atoms with Crippen LogP contribution in [0, 0.1) is 11.3 Å². The average Bonchev–Trinajstić information content (AvgIpc) is 2.25. The highest BCUT2D eigenvalue weighted by atomic mass is 19.4. The van der Waals surface area contributed by atoms with E-state index in [0.29, 0.717) is 6.07 Å². The molecule has 0 aliphatic heterocycles. The molecule has 0 aliphatic carbocycles. The van der Waals surface area contributed by atoms with Gasteiger partial charge in [-0.1, -0.05) is 0 Å². The van der Waals surface area contributed by atoms with E-state index in [2.05, 4.69) is 0 Å². The molecule has 96 valence electrons. The van der Waals surface area contributed by atoms with E-state index in [1.54, 1.807) is 0 Å². The first-order chi connectivity index (χ1) is 8.18. The number of nitrogens with zero attached hydrogens (tertiary/aromatic N) is 1. The maximum Gasteiger partial charge on any atom is 0.417 e. The second kappa shape index (κ2) is 4.72. The Bertz CT molecular complexity index is 527. The van der Waals surface area contributed by atoms with Crippen LogP contribution in [-0.4, -0.2) is 5.78 Å². The number of alkyl halides is 5. The molecule has 0 aliphatic rings. The van der Waals surface area contributed by atoms with Gasteiger partial charge in [-0.2, -0.15) is 18.4 Å². The third kappa shape index (κ3) is 2.64. The average molecular weight is 263 g/mol. The molecule has 2 nitrogen and oxygen atoms in total. The Balaban J connectivity index is 3.70. The van der Waals surface area contributed by atoms with Crippen molar-refractivity contribution >= 4 is 5.78 Å². The summed E-state index contributed by atoms with van der Waals surface area (Å²) in [7, 11) is 0. The van der Waals surface area contributed by atoms with E-state index < -0.39 is 40.6 Å². The van der Waals surface area contributed by atoms with Crippen molar-refractivity contribution in [2.24, 2.45) is 0 Å². The fraction of sp³-hybridized carbons (Fsp3) is 0.273. The number of nitriles is 1. The van der Waals surface area contributed by atoms with Gasteiger partial charge in [0.15, 0.2) is 5.78 Å². The first kappa shape index (κ1) is 14.1. The standard InChI is InChI=1S/C11H6F5NO/c1-5(18)9-7(4-17)2-6(10(12)13)3-8(9)11(14,15)16/h2-3,10H,1H3. The predicted octanol–water partition coefficient (Wildman–Crippen LogP) is 3.72. The minimum Gasteiger partial charge on any atom is -0.294 e. The number of ketones is 1. The lowest BCUT2D eigenvalue weighted by Gasteiger charge is -2.14. The molecule has 0 atom stereocenters. The molecule has 1 aromatic rings. The van der Waals surface area contributed by atoms with Crippen molar-refractivity contribution in [1.82, 2.24) is 0 Å². The highest BCUT2D eigenvalue weighted by molar-refractivity contribution is 5.98. The smallest absolute Gasteiger partial charge is 0.294 e. The van der Waals surface area contributed by atoms with Gasteiger partial charge in [-0.05, 0) is 19.1 Å². The van der Waals surface area contributed by atoms with Gasteiger partial charge in [0.25, 0.3) is 6.43 Å². The summed E-state index contributed by atoms with van der Waals surface area (Å²) < 4.78 is 62.8. The largest absolute Gasteiger partial charge is 0.417 e. The van der Waals surface area contributed by atoms with Gasteiger partial charge in [0.1, 0.15) is 0 Å². The van der Waals surface area contributed by atoms with Gasteiger partial charge >= 0.3 is 6.18 Å². The van der Waals surface area contributed by atoms with Crippen LogP contribution >= 0.6 is 0 Å². The Hall–Kier alpha value is -1.97. The first-order valence-electron chi connectivity index (χ1n) is 4.62. The molecule has 0 saturated heterocycles. The van der Waals surface area contributed by atoms with Crippen molar-refractivity contribution in [3.05, 3.63) is 34.4 Å². The van der Waals surface area contributed by atoms with Crippen LogP contribution in [0.15, 0.2) is 12.1 Å². The molecule has 0 radical (unpaired) electrons. The molecule has 0 unspecified atom stereocenters. The Morgan fingerprint density at radius 3 is 2.22 bits per heavy atom. The predicted molar refractivity (Wildman–Crippen MR) is 51.1 cm³/mol. The highest BCUT2D eigenvalue weighted by Gasteiger charge is 2.37. The van der Waals surface area contributed by atoms with Gasteiger partial charge in [0.2, 0.25) is 0 Å². The van der Waals surface area contributed by atoms with Crippen LogP contribution in [0.25, 0.3) is 0 Å². The molecule has 7 heteroatoms. The molecule has 0 N–H and O–H groups in total. The first-order valence-corrected chi connectivity index (χ1v) is 4.62. The number of benzene rings is 1. The number of Topliss-reactive ketones (excluding diaryl/α,β-unsaturated/α-hetero) is 1. The summed E-state index contributed by atoms with van der Waals surface area (Å²) in [6.07, 6.45) is -8.13. The number of carbonyl (C=O) groups excluding carboxylic acids is 1. The summed E-state index contributed by atoms with van der Waals surface area (Å²) in [6.45, 7) is 0.841. The summed E-state index contributed by atoms with van der Waals surface area (Å²) in [5, 5.41) is 8.65. The van der Waals surface area contributed by atoms with E-state index in [4.69, 9.17) is 5.26 Å². The summed E-state index contributed by atoms with van der Waals surface area (Å²) in [6, 6.07) is 2.12. The van der Waals surface area contributed by atoms with Gasteiger partial charge in [0.05, 0.1) is 17.2 Å². The fourth-order valence-electron chi connectivity index (χ4n) is 1.48. The van der Waals surface area contributed by atoms with Crippen LogP contribution in [0.5, 0.6) is 0 Å². The summed E-state index contributed by atoms with van der Waals surface area (Å²) in [4.78, 5) is 11.1. The van der Waals surface area contributed by atoms with Crippen LogP contribution in [0.3, 0.4) is 0 Å². The Morgan fingerprint density at radius 1 is 1.33 bits per heavy atom. The van der Waals surface area contributed by atoms with Gasteiger partial charge in [0, 0.05) is 11.1 Å². The van der Waals surface area contributed by atoms with Crippen LogP contribution in [0.4, 0.5) is 22.0 Å². The zero-order chi connectivity index (χ0) is 14.1. The summed E-state index contributed by atoms with van der Waals surface area (Å²) in [5.41, 5.74) is -4.03. The fourth-order valence-corrected chi connectivity index (χ4v) is 1.48. The molecular weight excluding hydrogens is 257 g/mol. The van der Waals surface area contributed by atoms with Crippen molar-refractivity contribution < 1.29 is 26.7 Å². The third-order valence-electron chi connectivity index (χ3n) is 2.19. The Labute approximate surface area is 98.6 Å². The quantitative estimate of drug-likeness (QED) is 0.602. The molecule has 0 heterocycles. The van der Waals surface area contributed by atoms with E-state index in [0.717, 1.165) is 6.92 Å². The van der Waals surface area contributed by atoms with Crippen molar-refractivity contribution in [3.63, 3.8) is 0 Å². The van der Waals surface area contributed by atoms with Crippen molar-refractivity contribution in [3.8, 4) is 6.07 Å². The lowest BCUT2D eigenvalue weighted by atomic mass is 9.95. The number of hydrogen-bond donors (Lipinski definition) is 0. The summed E-state index contributed by atoms with van der Waals surface area (Å²) in [5.74, 6) is -1.00. The molecule has 0 amide bonds. The van der Waals surface area contributed by atoms with Crippen LogP contribution in [0.2, 0.25) is 0 Å². The lowest BCUT2D eigenvalue weighted by Crippen LogP contribution is -2.14. The van der Waals surface area contributed by atoms with E-state index >= 15 is 0 Å². The Kier molecular flexibility index (Phi) is 3.70. The van der Waals surface area contributed by atoms with Gasteiger partial charge < -0.3 is 0 Å². The highest BCUT2D eigenvalue weighted by Crippen LogP contribution is 2.36. The molecule has 1 rings (SSSR count). The van der Waals surface area contributed by atoms with E-state index in [-0.39, 0.29) is 6.07 Å². The number of rotatable bonds is 2. The monoisotopic (exact) mass is 263 g/mol. The molecule has 1 aromatic carbocycles. The minimum absolute atomic E-state index is 0.197. The summed E-state index contributed by atoms with van der Waals surface area (Å²) >= 11 is 0. The number of carbonyl (C=O) groups is 1. The maximum absolute atomic E-state index is 12.7. The van der Waals surface area contributed by atoms with Crippen molar-refractivity contribution in [1.29, 1.82) is 5.26 Å².